The smallest absolute Gasteiger partial charge is 0.313 e. The molecule has 0 spiro atoms. The van der Waals surface area contributed by atoms with E-state index in [4.69, 9.17) is 15.2 Å². The Morgan fingerprint density at radius 3 is 2.71 bits per heavy atom. The Labute approximate surface area is 126 Å². The maximum atomic E-state index is 12.5. The van der Waals surface area contributed by atoms with Gasteiger partial charge in [-0.15, -0.1) is 0 Å². The predicted molar refractivity (Wildman–Crippen MR) is 81.9 cm³/mol. The average molecular weight is 291 g/mol. The Morgan fingerprint density at radius 1 is 1.38 bits per heavy atom. The highest BCUT2D eigenvalue weighted by Gasteiger charge is 2.41. The van der Waals surface area contributed by atoms with Crippen LogP contribution in [0, 0.1) is 11.3 Å². The number of carbonyl (C=O) groups excluding carboxylic acids is 1. The second-order valence-electron chi connectivity index (χ2n) is 6.09. The van der Waals surface area contributed by atoms with Crippen LogP contribution < -0.4 is 10.5 Å². The van der Waals surface area contributed by atoms with E-state index in [9.17, 15) is 4.79 Å². The number of benzene rings is 1. The van der Waals surface area contributed by atoms with Crippen LogP contribution in [0.25, 0.3) is 0 Å². The molecule has 0 heterocycles. The summed E-state index contributed by atoms with van der Waals surface area (Å²) < 4.78 is 10.7. The third kappa shape index (κ3) is 3.76. The normalized spacial score (nSPS) is 25.4. The van der Waals surface area contributed by atoms with Crippen molar-refractivity contribution < 1.29 is 14.3 Å². The molecular formula is C17H25NO3. The van der Waals surface area contributed by atoms with Crippen molar-refractivity contribution >= 4 is 5.97 Å². The van der Waals surface area contributed by atoms with E-state index >= 15 is 0 Å². The summed E-state index contributed by atoms with van der Waals surface area (Å²) in [5.74, 6) is 1.29. The van der Waals surface area contributed by atoms with Crippen molar-refractivity contribution in [3.63, 3.8) is 0 Å². The predicted octanol–water partition coefficient (Wildman–Crippen LogP) is 2.89. The Hall–Kier alpha value is -1.55. The summed E-state index contributed by atoms with van der Waals surface area (Å²) in [7, 11) is 1.62. The van der Waals surface area contributed by atoms with Crippen LogP contribution in [0.1, 0.15) is 38.2 Å². The zero-order chi connectivity index (χ0) is 15.3. The van der Waals surface area contributed by atoms with E-state index in [1.807, 2.05) is 24.3 Å². The van der Waals surface area contributed by atoms with Gasteiger partial charge in [-0.3, -0.25) is 4.79 Å². The van der Waals surface area contributed by atoms with Gasteiger partial charge in [0.2, 0.25) is 0 Å². The molecule has 1 aromatic carbocycles. The number of methoxy groups -OCH3 is 1. The molecule has 0 radical (unpaired) electrons. The van der Waals surface area contributed by atoms with Gasteiger partial charge >= 0.3 is 5.97 Å². The molecule has 0 unspecified atom stereocenters. The first-order valence-corrected chi connectivity index (χ1v) is 7.60. The molecule has 2 rings (SSSR count). The highest BCUT2D eigenvalue weighted by molar-refractivity contribution is 5.77. The summed E-state index contributed by atoms with van der Waals surface area (Å²) in [6.07, 6.45) is 3.76. The number of hydrogen-bond acceptors (Lipinski definition) is 4. The number of carbonyl (C=O) groups is 1. The molecular weight excluding hydrogens is 266 g/mol. The quantitative estimate of drug-likeness (QED) is 0.847. The van der Waals surface area contributed by atoms with Gasteiger partial charge in [0.05, 0.1) is 12.5 Å². The van der Waals surface area contributed by atoms with Gasteiger partial charge in [-0.1, -0.05) is 19.1 Å². The Morgan fingerprint density at radius 2 is 2.10 bits per heavy atom. The fourth-order valence-corrected chi connectivity index (χ4v) is 2.87. The van der Waals surface area contributed by atoms with E-state index in [1.54, 1.807) is 7.11 Å². The first-order chi connectivity index (χ1) is 10.1. The highest BCUT2D eigenvalue weighted by atomic mass is 16.5. The van der Waals surface area contributed by atoms with Gasteiger partial charge < -0.3 is 15.2 Å². The van der Waals surface area contributed by atoms with Crippen LogP contribution in [0.2, 0.25) is 0 Å². The monoisotopic (exact) mass is 291 g/mol. The van der Waals surface area contributed by atoms with E-state index in [0.717, 1.165) is 37.0 Å². The second-order valence-corrected chi connectivity index (χ2v) is 6.09. The van der Waals surface area contributed by atoms with Crippen molar-refractivity contribution in [1.82, 2.24) is 0 Å². The molecule has 4 heteroatoms. The molecule has 0 amide bonds. The lowest BCUT2D eigenvalue weighted by Gasteiger charge is -2.36. The molecule has 2 N–H and O–H groups in total. The van der Waals surface area contributed by atoms with Crippen LogP contribution in [0.5, 0.6) is 5.75 Å². The van der Waals surface area contributed by atoms with Crippen molar-refractivity contribution in [2.24, 2.45) is 17.1 Å². The van der Waals surface area contributed by atoms with E-state index in [2.05, 4.69) is 6.92 Å². The Kier molecular flexibility index (Phi) is 5.23. The molecule has 21 heavy (non-hydrogen) atoms. The summed E-state index contributed by atoms with van der Waals surface area (Å²) >= 11 is 0. The van der Waals surface area contributed by atoms with Crippen LogP contribution in [0.4, 0.5) is 0 Å². The molecule has 1 fully saturated rings. The summed E-state index contributed by atoms with van der Waals surface area (Å²) in [6, 6.07) is 7.57. The molecule has 0 saturated heterocycles. The molecule has 0 aliphatic heterocycles. The molecule has 0 aromatic heterocycles. The molecule has 1 aromatic rings. The summed E-state index contributed by atoms with van der Waals surface area (Å²) in [6.45, 7) is 2.87. The van der Waals surface area contributed by atoms with Crippen molar-refractivity contribution in [2.45, 2.75) is 39.2 Å². The van der Waals surface area contributed by atoms with Gasteiger partial charge in [-0.05, 0) is 49.3 Å². The molecule has 116 valence electrons. The second kappa shape index (κ2) is 6.94. The standard InChI is InChI=1S/C17H25NO3/c1-13-6-8-17(12-18,9-7-13)16(19)21-11-14-4-3-5-15(10-14)20-2/h3-5,10,13H,6-9,11-12,18H2,1-2H3. The molecule has 1 aliphatic rings. The van der Waals surface area contributed by atoms with Crippen LogP contribution in [-0.2, 0) is 16.1 Å². The van der Waals surface area contributed by atoms with Gasteiger partial charge in [-0.25, -0.2) is 0 Å². The molecule has 4 nitrogen and oxygen atoms in total. The number of esters is 1. The molecule has 0 bridgehead atoms. The largest absolute Gasteiger partial charge is 0.497 e. The minimum Gasteiger partial charge on any atom is -0.497 e. The topological polar surface area (TPSA) is 61.5 Å². The fraction of sp³-hybridized carbons (Fsp3) is 0.588. The van der Waals surface area contributed by atoms with Gasteiger partial charge in [0.25, 0.3) is 0 Å². The zero-order valence-corrected chi connectivity index (χ0v) is 12.9. The van der Waals surface area contributed by atoms with Crippen molar-refractivity contribution in [2.75, 3.05) is 13.7 Å². The lowest BCUT2D eigenvalue weighted by molar-refractivity contribution is -0.159. The van der Waals surface area contributed by atoms with Crippen LogP contribution >= 0.6 is 0 Å². The fourth-order valence-electron chi connectivity index (χ4n) is 2.87. The third-order valence-electron chi connectivity index (χ3n) is 4.56. The summed E-state index contributed by atoms with van der Waals surface area (Å²) in [4.78, 5) is 12.5. The lowest BCUT2D eigenvalue weighted by Crippen LogP contribution is -2.42. The molecule has 1 aliphatic carbocycles. The highest BCUT2D eigenvalue weighted by Crippen LogP contribution is 2.39. The lowest BCUT2D eigenvalue weighted by atomic mass is 9.71. The summed E-state index contributed by atoms with van der Waals surface area (Å²) in [5, 5.41) is 0. The Bertz CT molecular complexity index is 479. The number of rotatable bonds is 5. The number of ether oxygens (including phenoxy) is 2. The van der Waals surface area contributed by atoms with Crippen LogP contribution in [-0.4, -0.2) is 19.6 Å². The third-order valence-corrected chi connectivity index (χ3v) is 4.56. The average Bonchev–Trinajstić information content (AvgIpc) is 2.54. The summed E-state index contributed by atoms with van der Waals surface area (Å²) in [5.41, 5.74) is 6.33. The van der Waals surface area contributed by atoms with Gasteiger partial charge in [0.15, 0.2) is 0 Å². The van der Waals surface area contributed by atoms with Crippen molar-refractivity contribution in [1.29, 1.82) is 0 Å². The first-order valence-electron chi connectivity index (χ1n) is 7.60. The van der Waals surface area contributed by atoms with E-state index in [1.165, 1.54) is 0 Å². The van der Waals surface area contributed by atoms with Crippen LogP contribution in [0.15, 0.2) is 24.3 Å². The zero-order valence-electron chi connectivity index (χ0n) is 12.9. The molecule has 0 atom stereocenters. The number of hydrogen-bond donors (Lipinski definition) is 1. The minimum atomic E-state index is -0.481. The maximum Gasteiger partial charge on any atom is 0.313 e. The van der Waals surface area contributed by atoms with Gasteiger partial charge in [-0.2, -0.15) is 0 Å². The SMILES string of the molecule is COc1cccc(COC(=O)C2(CN)CCC(C)CC2)c1. The minimum absolute atomic E-state index is 0.153. The first kappa shape index (κ1) is 15.8. The maximum absolute atomic E-state index is 12.5. The van der Waals surface area contributed by atoms with Gasteiger partial charge in [0, 0.05) is 6.54 Å². The number of nitrogens with two attached hydrogens (primary N) is 1. The van der Waals surface area contributed by atoms with E-state index in [0.29, 0.717) is 12.5 Å². The van der Waals surface area contributed by atoms with E-state index < -0.39 is 5.41 Å². The van der Waals surface area contributed by atoms with E-state index in [-0.39, 0.29) is 12.6 Å². The Balaban J connectivity index is 1.96. The van der Waals surface area contributed by atoms with Crippen LogP contribution in [0.3, 0.4) is 0 Å². The van der Waals surface area contributed by atoms with Crippen molar-refractivity contribution in [3.8, 4) is 5.75 Å². The van der Waals surface area contributed by atoms with Gasteiger partial charge in [0.1, 0.15) is 12.4 Å². The molecule has 1 saturated carbocycles. The van der Waals surface area contributed by atoms with Crippen molar-refractivity contribution in [3.05, 3.63) is 29.8 Å².